The molecule has 0 radical (unpaired) electrons. The third kappa shape index (κ3) is 3.25. The van der Waals surface area contributed by atoms with E-state index in [0.717, 1.165) is 12.1 Å². The van der Waals surface area contributed by atoms with Gasteiger partial charge in [-0.15, -0.1) is 0 Å². The molecule has 42 heavy (non-hydrogen) atoms. The number of carbonyl (C=O) groups excluding carboxylic acids is 1. The predicted octanol–water partition coefficient (Wildman–Crippen LogP) is 3.61. The Morgan fingerprint density at radius 2 is 1.45 bits per heavy atom. The number of aliphatic hydroxyl groups is 1. The highest BCUT2D eigenvalue weighted by atomic mass is 16.7. The molecule has 3 aliphatic rings. The number of aliphatic hydroxyl groups excluding tert-OH is 1. The van der Waals surface area contributed by atoms with Crippen LogP contribution in [0.3, 0.4) is 0 Å². The number of Topliss-reactive ketones (excluding diaryl/α,β-unsaturated/α-hetero) is 1. The van der Waals surface area contributed by atoms with Crippen LogP contribution in [0.15, 0.2) is 66.7 Å². The fourth-order valence-corrected chi connectivity index (χ4v) is 6.18. The van der Waals surface area contributed by atoms with Crippen LogP contribution in [0.1, 0.15) is 38.7 Å². The highest BCUT2D eigenvalue weighted by Gasteiger charge is 2.74. The summed E-state index contributed by atoms with van der Waals surface area (Å²) in [6.45, 7) is 0. The lowest BCUT2D eigenvalue weighted by atomic mass is 9.73. The highest BCUT2D eigenvalue weighted by Crippen LogP contribution is 2.65. The first kappa shape index (κ1) is 25.8. The summed E-state index contributed by atoms with van der Waals surface area (Å²) in [5.41, 5.74) is -1.51. The maximum absolute atomic E-state index is 14.6. The van der Waals surface area contributed by atoms with Crippen LogP contribution in [0.5, 0.6) is 46.0 Å². The van der Waals surface area contributed by atoms with Crippen molar-refractivity contribution in [3.05, 3.63) is 94.5 Å². The van der Waals surface area contributed by atoms with Crippen LogP contribution >= 0.6 is 0 Å². The molecule has 0 saturated heterocycles. The third-order valence-corrected chi connectivity index (χ3v) is 8.04. The van der Waals surface area contributed by atoms with E-state index >= 15 is 0 Å². The van der Waals surface area contributed by atoms with Gasteiger partial charge >= 0.3 is 5.79 Å². The zero-order valence-corrected chi connectivity index (χ0v) is 21.9. The molecule has 0 aromatic heterocycles. The molecule has 4 unspecified atom stereocenters. The maximum Gasteiger partial charge on any atom is 0.320 e. The molecule has 0 fully saturated rings. The number of ether oxygens (including phenoxy) is 4. The van der Waals surface area contributed by atoms with E-state index in [1.165, 1.54) is 49.6 Å². The second kappa shape index (κ2) is 8.68. The second-order valence-electron chi connectivity index (χ2n) is 10.4. The van der Waals surface area contributed by atoms with Crippen LogP contribution in [0.2, 0.25) is 0 Å². The number of hydrogen-bond acceptors (Lipinski definition) is 11. The Morgan fingerprint density at radius 3 is 2.12 bits per heavy atom. The Labute approximate surface area is 238 Å². The lowest BCUT2D eigenvalue weighted by molar-refractivity contribution is -0.229. The molecule has 3 aliphatic heterocycles. The Hall–Kier alpha value is -5.13. The lowest BCUT2D eigenvalue weighted by Gasteiger charge is -2.45. The number of methoxy groups -OCH3 is 1. The van der Waals surface area contributed by atoms with Crippen LogP contribution in [-0.2, 0) is 22.5 Å². The van der Waals surface area contributed by atoms with Crippen LogP contribution in [0.25, 0.3) is 0 Å². The standard InChI is InChI=1S/C31H24O11/c1-39-30-26-24(13-20(35)19-12-22(37)27(40-28(19)26)14-2-6-16(32)7-3-14)42-31(30,15-4-8-17(33)9-5-15)41-23-11-18(34)10-21(36)25(23)29(30)38/h2-11,13,22,27,32-37H,12H2,1H3. The van der Waals surface area contributed by atoms with Gasteiger partial charge < -0.3 is 49.6 Å². The second-order valence-corrected chi connectivity index (χ2v) is 10.4. The zero-order valence-electron chi connectivity index (χ0n) is 21.9. The van der Waals surface area contributed by atoms with E-state index in [9.17, 15) is 35.4 Å². The topological polar surface area (TPSA) is 175 Å². The monoisotopic (exact) mass is 572 g/mol. The Kier molecular flexibility index (Phi) is 5.34. The van der Waals surface area contributed by atoms with Gasteiger partial charge in [0, 0.05) is 42.9 Å². The largest absolute Gasteiger partial charge is 0.508 e. The summed E-state index contributed by atoms with van der Waals surface area (Å²) < 4.78 is 25.2. The molecule has 7 rings (SSSR count). The summed E-state index contributed by atoms with van der Waals surface area (Å²) in [6, 6.07) is 15.1. The molecule has 0 bridgehead atoms. The summed E-state index contributed by atoms with van der Waals surface area (Å²) in [5.74, 6) is -4.41. The first-order chi connectivity index (χ1) is 20.1. The van der Waals surface area contributed by atoms with Gasteiger partial charge in [-0.25, -0.2) is 0 Å². The number of phenolic OH excluding ortho intramolecular Hbond substituents is 5. The van der Waals surface area contributed by atoms with E-state index in [0.29, 0.717) is 5.56 Å². The van der Waals surface area contributed by atoms with E-state index < -0.39 is 35.1 Å². The summed E-state index contributed by atoms with van der Waals surface area (Å²) in [6.07, 6.45) is -2.16. The molecule has 0 aliphatic carbocycles. The van der Waals surface area contributed by atoms with Crippen molar-refractivity contribution in [3.63, 3.8) is 0 Å². The van der Waals surface area contributed by atoms with Crippen LogP contribution in [0.4, 0.5) is 0 Å². The van der Waals surface area contributed by atoms with E-state index in [4.69, 9.17) is 18.9 Å². The third-order valence-electron chi connectivity index (χ3n) is 8.04. The van der Waals surface area contributed by atoms with Crippen molar-refractivity contribution in [1.29, 1.82) is 0 Å². The number of aromatic hydroxyl groups is 5. The van der Waals surface area contributed by atoms with Crippen LogP contribution < -0.4 is 14.2 Å². The summed E-state index contributed by atoms with van der Waals surface area (Å²) >= 11 is 0. The highest BCUT2D eigenvalue weighted by molar-refractivity contribution is 6.10. The molecular weight excluding hydrogens is 548 g/mol. The summed E-state index contributed by atoms with van der Waals surface area (Å²) in [5, 5.41) is 62.9. The lowest BCUT2D eigenvalue weighted by Crippen LogP contribution is -2.61. The predicted molar refractivity (Wildman–Crippen MR) is 143 cm³/mol. The molecule has 11 heteroatoms. The van der Waals surface area contributed by atoms with Gasteiger partial charge in [0.1, 0.15) is 57.7 Å². The summed E-state index contributed by atoms with van der Waals surface area (Å²) in [7, 11) is 1.26. The molecule has 214 valence electrons. The minimum Gasteiger partial charge on any atom is -0.508 e. The van der Waals surface area contributed by atoms with Gasteiger partial charge in [-0.2, -0.15) is 0 Å². The molecule has 0 spiro atoms. The van der Waals surface area contributed by atoms with Gasteiger partial charge in [0.25, 0.3) is 0 Å². The quantitative estimate of drug-likeness (QED) is 0.212. The van der Waals surface area contributed by atoms with E-state index in [2.05, 4.69) is 0 Å². The molecule has 4 aromatic carbocycles. The van der Waals surface area contributed by atoms with Gasteiger partial charge in [-0.3, -0.25) is 4.79 Å². The fourth-order valence-electron chi connectivity index (χ4n) is 6.18. The first-order valence-corrected chi connectivity index (χ1v) is 13.0. The summed E-state index contributed by atoms with van der Waals surface area (Å²) in [4.78, 5) is 14.6. The normalized spacial score (nSPS) is 25.2. The van der Waals surface area contributed by atoms with Gasteiger partial charge in [0.2, 0.25) is 11.4 Å². The van der Waals surface area contributed by atoms with E-state index in [1.807, 2.05) is 0 Å². The van der Waals surface area contributed by atoms with Crippen molar-refractivity contribution < 1.29 is 54.4 Å². The van der Waals surface area contributed by atoms with Crippen LogP contribution in [0, 0.1) is 0 Å². The molecule has 6 N–H and O–H groups in total. The first-order valence-electron chi connectivity index (χ1n) is 13.0. The molecule has 0 amide bonds. The number of carbonyl (C=O) groups is 1. The minimum atomic E-state index is -2.19. The van der Waals surface area contributed by atoms with Gasteiger partial charge in [-0.1, -0.05) is 12.1 Å². The van der Waals surface area contributed by atoms with Crippen molar-refractivity contribution in [2.75, 3.05) is 7.11 Å². The number of rotatable bonds is 3. The van der Waals surface area contributed by atoms with Gasteiger partial charge in [0.15, 0.2) is 0 Å². The average molecular weight is 573 g/mol. The van der Waals surface area contributed by atoms with Crippen LogP contribution in [-0.4, -0.2) is 49.6 Å². The molecule has 11 nitrogen and oxygen atoms in total. The van der Waals surface area contributed by atoms with Crippen molar-refractivity contribution in [3.8, 4) is 46.0 Å². The van der Waals surface area contributed by atoms with E-state index in [-0.39, 0.29) is 68.9 Å². The van der Waals surface area contributed by atoms with E-state index in [1.54, 1.807) is 12.1 Å². The SMILES string of the molecule is COC12C(=O)c3c(O)cc(O)cc3OC1(c1ccc(O)cc1)Oc1cc(O)c3c(c12)OC(c1ccc(O)cc1)C(O)C3. The number of ketones is 1. The smallest absolute Gasteiger partial charge is 0.320 e. The van der Waals surface area contributed by atoms with Gasteiger partial charge in [-0.05, 0) is 42.0 Å². The fraction of sp³-hybridized carbons (Fsp3) is 0.194. The Bertz CT molecular complexity index is 1770. The number of phenols is 5. The Morgan fingerprint density at radius 1 is 0.810 bits per heavy atom. The molecule has 4 atom stereocenters. The average Bonchev–Trinajstić information content (AvgIpc) is 3.24. The molecular formula is C31H24O11. The van der Waals surface area contributed by atoms with Crippen molar-refractivity contribution in [1.82, 2.24) is 0 Å². The minimum absolute atomic E-state index is 0.00884. The van der Waals surface area contributed by atoms with Crippen molar-refractivity contribution in [2.45, 2.75) is 30.0 Å². The van der Waals surface area contributed by atoms with Gasteiger partial charge in [0.05, 0.1) is 11.7 Å². The number of benzene rings is 4. The number of fused-ring (bicyclic) bond motifs is 6. The molecule has 0 saturated carbocycles. The van der Waals surface area contributed by atoms with Crippen molar-refractivity contribution in [2.24, 2.45) is 0 Å². The zero-order chi connectivity index (χ0) is 29.6. The molecule has 3 heterocycles. The number of hydrogen-bond donors (Lipinski definition) is 6. The van der Waals surface area contributed by atoms with Crippen molar-refractivity contribution >= 4 is 5.78 Å². The Balaban J connectivity index is 1.52. The maximum atomic E-state index is 14.6. The molecule has 4 aromatic rings.